The molecular formula is C14H22ClN. The molecule has 0 heterocycles. The van der Waals surface area contributed by atoms with Crippen molar-refractivity contribution in [1.82, 2.24) is 0 Å². The summed E-state index contributed by atoms with van der Waals surface area (Å²) in [7, 11) is 0. The second-order valence-electron chi connectivity index (χ2n) is 3.58. The van der Waals surface area contributed by atoms with Gasteiger partial charge in [0.05, 0.1) is 0 Å². The maximum absolute atomic E-state index is 6.15. The van der Waals surface area contributed by atoms with Crippen LogP contribution in [0.1, 0.15) is 47.0 Å². The van der Waals surface area contributed by atoms with E-state index in [1.165, 1.54) is 5.57 Å². The minimum Gasteiger partial charge on any atom is -0.249 e. The molecule has 16 heavy (non-hydrogen) atoms. The van der Waals surface area contributed by atoms with E-state index in [9.17, 15) is 0 Å². The SMILES string of the molecule is C\C=N/C(Cl)=C(/C=C\CC)C(\C)=C\CCC. The number of halogens is 1. The molecule has 0 aromatic carbocycles. The van der Waals surface area contributed by atoms with Gasteiger partial charge in [0, 0.05) is 11.8 Å². The van der Waals surface area contributed by atoms with Crippen LogP contribution in [0.2, 0.25) is 0 Å². The van der Waals surface area contributed by atoms with Crippen LogP contribution in [-0.4, -0.2) is 6.21 Å². The van der Waals surface area contributed by atoms with Gasteiger partial charge in [-0.05, 0) is 32.3 Å². The fourth-order valence-corrected chi connectivity index (χ4v) is 1.56. The lowest BCUT2D eigenvalue weighted by Gasteiger charge is -2.04. The van der Waals surface area contributed by atoms with Crippen LogP contribution < -0.4 is 0 Å². The van der Waals surface area contributed by atoms with E-state index in [0.29, 0.717) is 5.16 Å². The highest BCUT2D eigenvalue weighted by molar-refractivity contribution is 6.30. The molecule has 0 aliphatic heterocycles. The van der Waals surface area contributed by atoms with Crippen LogP contribution >= 0.6 is 11.6 Å². The van der Waals surface area contributed by atoms with Gasteiger partial charge in [-0.15, -0.1) is 0 Å². The Morgan fingerprint density at radius 1 is 1.31 bits per heavy atom. The topological polar surface area (TPSA) is 12.4 Å². The fourth-order valence-electron chi connectivity index (χ4n) is 1.25. The molecule has 0 aliphatic rings. The first-order valence-electron chi connectivity index (χ1n) is 5.89. The van der Waals surface area contributed by atoms with Crippen molar-refractivity contribution in [2.24, 2.45) is 4.99 Å². The summed E-state index contributed by atoms with van der Waals surface area (Å²) in [6.45, 7) is 8.23. The summed E-state index contributed by atoms with van der Waals surface area (Å²) in [5.74, 6) is 0. The van der Waals surface area contributed by atoms with Crippen molar-refractivity contribution in [3.63, 3.8) is 0 Å². The molecule has 0 atom stereocenters. The predicted molar refractivity (Wildman–Crippen MR) is 75.1 cm³/mol. The van der Waals surface area contributed by atoms with Gasteiger partial charge in [-0.3, -0.25) is 0 Å². The van der Waals surface area contributed by atoms with E-state index < -0.39 is 0 Å². The van der Waals surface area contributed by atoms with E-state index in [4.69, 9.17) is 11.6 Å². The van der Waals surface area contributed by atoms with E-state index in [2.05, 4.69) is 44.0 Å². The minimum absolute atomic E-state index is 0.567. The Kier molecular flexibility index (Phi) is 8.93. The van der Waals surface area contributed by atoms with Gasteiger partial charge in [-0.2, -0.15) is 0 Å². The average Bonchev–Trinajstić information content (AvgIpc) is 2.27. The van der Waals surface area contributed by atoms with E-state index in [0.717, 1.165) is 24.8 Å². The quantitative estimate of drug-likeness (QED) is 0.342. The molecule has 0 unspecified atom stereocenters. The number of unbranched alkanes of at least 4 members (excludes halogenated alkanes) is 1. The number of nitrogens with zero attached hydrogens (tertiary/aromatic N) is 1. The molecule has 90 valence electrons. The first-order chi connectivity index (χ1) is 7.67. The smallest absolute Gasteiger partial charge is 0.136 e. The zero-order valence-electron chi connectivity index (χ0n) is 10.8. The van der Waals surface area contributed by atoms with Crippen LogP contribution in [0.4, 0.5) is 0 Å². The van der Waals surface area contributed by atoms with Crippen LogP contribution in [0.3, 0.4) is 0 Å². The molecule has 0 rings (SSSR count). The summed E-state index contributed by atoms with van der Waals surface area (Å²) in [5, 5.41) is 0.567. The second kappa shape index (κ2) is 9.41. The van der Waals surface area contributed by atoms with Crippen LogP contribution in [0.25, 0.3) is 0 Å². The molecule has 0 aromatic heterocycles. The minimum atomic E-state index is 0.567. The zero-order chi connectivity index (χ0) is 12.4. The number of rotatable bonds is 6. The first-order valence-corrected chi connectivity index (χ1v) is 6.27. The Morgan fingerprint density at radius 3 is 2.50 bits per heavy atom. The first kappa shape index (κ1) is 15.2. The number of hydrogen-bond acceptors (Lipinski definition) is 1. The number of aliphatic imine (C=N–C) groups is 1. The molecule has 0 fully saturated rings. The van der Waals surface area contributed by atoms with Crippen LogP contribution in [0, 0.1) is 0 Å². The van der Waals surface area contributed by atoms with Gasteiger partial charge in [0.2, 0.25) is 0 Å². The second-order valence-corrected chi connectivity index (χ2v) is 3.94. The molecule has 1 nitrogen and oxygen atoms in total. The molecule has 0 saturated carbocycles. The molecule has 0 bridgehead atoms. The Bertz CT molecular complexity index is 309. The summed E-state index contributed by atoms with van der Waals surface area (Å²) in [5.41, 5.74) is 2.22. The van der Waals surface area contributed by atoms with Gasteiger partial charge in [-0.25, -0.2) is 4.99 Å². The van der Waals surface area contributed by atoms with Crippen LogP contribution in [-0.2, 0) is 0 Å². The maximum Gasteiger partial charge on any atom is 0.136 e. The van der Waals surface area contributed by atoms with Crippen molar-refractivity contribution in [2.75, 3.05) is 0 Å². The van der Waals surface area contributed by atoms with Gasteiger partial charge in [0.15, 0.2) is 0 Å². The normalized spacial score (nSPS) is 14.9. The number of hydrogen-bond donors (Lipinski definition) is 0. The third-order valence-electron chi connectivity index (χ3n) is 2.15. The highest BCUT2D eigenvalue weighted by atomic mass is 35.5. The van der Waals surface area contributed by atoms with E-state index in [1.807, 2.05) is 6.92 Å². The zero-order valence-corrected chi connectivity index (χ0v) is 11.5. The molecule has 0 saturated heterocycles. The summed E-state index contributed by atoms with van der Waals surface area (Å²) in [4.78, 5) is 4.13. The van der Waals surface area contributed by atoms with Crippen molar-refractivity contribution < 1.29 is 0 Å². The molecule has 0 spiro atoms. The predicted octanol–water partition coefficient (Wildman–Crippen LogP) is 5.24. The Hall–Kier alpha value is -0.820. The lowest BCUT2D eigenvalue weighted by molar-refractivity contribution is 0.950. The fraction of sp³-hybridized carbons (Fsp3) is 0.500. The largest absolute Gasteiger partial charge is 0.249 e. The molecule has 2 heteroatoms. The van der Waals surface area contributed by atoms with Crippen LogP contribution in [0.15, 0.2) is 39.5 Å². The summed E-state index contributed by atoms with van der Waals surface area (Å²) in [6.07, 6.45) is 11.3. The van der Waals surface area contributed by atoms with Crippen molar-refractivity contribution in [3.05, 3.63) is 34.5 Å². The Labute approximate surface area is 105 Å². The molecule has 0 aliphatic carbocycles. The number of allylic oxidation sites excluding steroid dienone is 5. The van der Waals surface area contributed by atoms with Gasteiger partial charge in [-0.1, -0.05) is 50.1 Å². The molecule has 0 amide bonds. The van der Waals surface area contributed by atoms with Gasteiger partial charge >= 0.3 is 0 Å². The van der Waals surface area contributed by atoms with E-state index >= 15 is 0 Å². The Balaban J connectivity index is 5.08. The average molecular weight is 240 g/mol. The molecular weight excluding hydrogens is 218 g/mol. The lowest BCUT2D eigenvalue weighted by atomic mass is 10.1. The van der Waals surface area contributed by atoms with Gasteiger partial charge < -0.3 is 0 Å². The highest BCUT2D eigenvalue weighted by Gasteiger charge is 2.01. The van der Waals surface area contributed by atoms with Crippen molar-refractivity contribution in [3.8, 4) is 0 Å². The highest BCUT2D eigenvalue weighted by Crippen LogP contribution is 2.21. The van der Waals surface area contributed by atoms with Crippen molar-refractivity contribution >= 4 is 17.8 Å². The van der Waals surface area contributed by atoms with E-state index in [-0.39, 0.29) is 0 Å². The third-order valence-corrected chi connectivity index (χ3v) is 2.45. The molecule has 0 aromatic rings. The summed E-state index contributed by atoms with van der Waals surface area (Å²) >= 11 is 6.15. The lowest BCUT2D eigenvalue weighted by Crippen LogP contribution is -1.86. The molecule has 0 radical (unpaired) electrons. The summed E-state index contributed by atoms with van der Waals surface area (Å²) < 4.78 is 0. The standard InChI is InChI=1S/C14H22ClN/c1-5-8-10-12(4)13(11-9-6-2)14(15)16-7-3/h7,9-11H,5-6,8H2,1-4H3/b11-9-,12-10+,14-13-,16-7-. The van der Waals surface area contributed by atoms with Crippen molar-refractivity contribution in [1.29, 1.82) is 0 Å². The van der Waals surface area contributed by atoms with Gasteiger partial charge in [0.1, 0.15) is 5.16 Å². The van der Waals surface area contributed by atoms with Gasteiger partial charge in [0.25, 0.3) is 0 Å². The van der Waals surface area contributed by atoms with Crippen molar-refractivity contribution in [2.45, 2.75) is 47.0 Å². The third kappa shape index (κ3) is 5.92. The molecule has 0 N–H and O–H groups in total. The van der Waals surface area contributed by atoms with E-state index in [1.54, 1.807) is 6.21 Å². The Morgan fingerprint density at radius 2 is 2.00 bits per heavy atom. The van der Waals surface area contributed by atoms with Crippen LogP contribution in [0.5, 0.6) is 0 Å². The summed E-state index contributed by atoms with van der Waals surface area (Å²) in [6, 6.07) is 0. The maximum atomic E-state index is 6.15. The monoisotopic (exact) mass is 239 g/mol.